The van der Waals surface area contributed by atoms with Crippen LogP contribution in [0.2, 0.25) is 0 Å². The lowest BCUT2D eigenvalue weighted by atomic mass is 10.3. The Morgan fingerprint density at radius 2 is 2.36 bits per heavy atom. The van der Waals surface area contributed by atoms with Gasteiger partial charge in [-0.3, -0.25) is 9.48 Å². The van der Waals surface area contributed by atoms with Gasteiger partial charge < -0.3 is 0 Å². The fraction of sp³-hybridized carbons (Fsp3) is 0.200. The van der Waals surface area contributed by atoms with Crippen LogP contribution in [-0.4, -0.2) is 21.0 Å². The molecule has 0 unspecified atom stereocenters. The molecule has 0 saturated carbocycles. The zero-order valence-electron chi connectivity index (χ0n) is 5.66. The van der Waals surface area contributed by atoms with Crippen molar-refractivity contribution >= 4 is 5.91 Å². The molecule has 1 heterocycles. The van der Waals surface area contributed by atoms with E-state index in [0.717, 1.165) is 6.20 Å². The Kier molecular flexibility index (Phi) is 1.84. The number of aromatic nitrogens is 2. The summed E-state index contributed by atoms with van der Waals surface area (Å²) in [4.78, 5) is 10.5. The quantitative estimate of drug-likeness (QED) is 0.566. The van der Waals surface area contributed by atoms with Crippen molar-refractivity contribution in [3.05, 3.63) is 18.0 Å². The molecular formula is C5H5F2N3O. The Bertz CT molecular complexity index is 270. The minimum Gasteiger partial charge on any atom is -0.275 e. The van der Waals surface area contributed by atoms with Gasteiger partial charge in [-0.05, 0) is 0 Å². The molecule has 0 radical (unpaired) electrons. The van der Waals surface area contributed by atoms with Gasteiger partial charge in [-0.15, -0.1) is 0 Å². The molecule has 0 saturated heterocycles. The van der Waals surface area contributed by atoms with Crippen molar-refractivity contribution in [3.63, 3.8) is 0 Å². The average Bonchev–Trinajstić information content (AvgIpc) is 2.34. The van der Waals surface area contributed by atoms with Crippen molar-refractivity contribution in [2.45, 2.75) is 0 Å². The fourth-order valence-corrected chi connectivity index (χ4v) is 0.629. The van der Waals surface area contributed by atoms with E-state index in [1.165, 1.54) is 17.9 Å². The second-order valence-electron chi connectivity index (χ2n) is 1.94. The largest absolute Gasteiger partial charge is 0.317 e. The van der Waals surface area contributed by atoms with Crippen LogP contribution in [0.3, 0.4) is 0 Å². The summed E-state index contributed by atoms with van der Waals surface area (Å²) in [5.74, 6) is -1.35. The van der Waals surface area contributed by atoms with Gasteiger partial charge in [0.05, 0.1) is 11.8 Å². The molecule has 1 amide bonds. The monoisotopic (exact) mass is 161 g/mol. The molecule has 0 spiro atoms. The number of carbonyl (C=O) groups excluding carboxylic acids is 1. The first-order valence-corrected chi connectivity index (χ1v) is 2.76. The average molecular weight is 161 g/mol. The van der Waals surface area contributed by atoms with Crippen molar-refractivity contribution in [3.8, 4) is 0 Å². The third-order valence-electron chi connectivity index (χ3n) is 1.11. The number of hydrogen-bond donors (Lipinski definition) is 0. The Hall–Kier alpha value is -1.46. The second-order valence-corrected chi connectivity index (χ2v) is 1.94. The van der Waals surface area contributed by atoms with E-state index < -0.39 is 11.3 Å². The lowest BCUT2D eigenvalue weighted by Crippen LogP contribution is -2.12. The molecule has 6 heteroatoms. The molecule has 0 bridgehead atoms. The zero-order chi connectivity index (χ0) is 8.43. The van der Waals surface area contributed by atoms with Crippen molar-refractivity contribution in [1.82, 2.24) is 15.1 Å². The molecule has 0 aromatic carbocycles. The number of hydrogen-bond acceptors (Lipinski definition) is 2. The van der Waals surface area contributed by atoms with E-state index in [4.69, 9.17) is 0 Å². The Morgan fingerprint density at radius 1 is 1.73 bits per heavy atom. The molecule has 4 nitrogen and oxygen atoms in total. The van der Waals surface area contributed by atoms with E-state index in [1.807, 2.05) is 0 Å². The highest BCUT2D eigenvalue weighted by atomic mass is 19.4. The van der Waals surface area contributed by atoms with Gasteiger partial charge in [0.25, 0.3) is 0 Å². The minimum absolute atomic E-state index is 0.127. The van der Waals surface area contributed by atoms with Gasteiger partial charge in [-0.1, -0.05) is 8.96 Å². The highest BCUT2D eigenvalue weighted by molar-refractivity contribution is 5.92. The van der Waals surface area contributed by atoms with Gasteiger partial charge in [-0.2, -0.15) is 5.10 Å². The molecule has 11 heavy (non-hydrogen) atoms. The SMILES string of the molecule is Cn1cc(C(=O)N(F)F)cn1. The minimum atomic E-state index is -1.48. The van der Waals surface area contributed by atoms with Gasteiger partial charge in [0.2, 0.25) is 0 Å². The molecule has 0 atom stereocenters. The van der Waals surface area contributed by atoms with Crippen LogP contribution in [0.4, 0.5) is 8.96 Å². The van der Waals surface area contributed by atoms with Crippen molar-refractivity contribution in [2.75, 3.05) is 0 Å². The summed E-state index contributed by atoms with van der Waals surface area (Å²) < 4.78 is 24.4. The fourth-order valence-electron chi connectivity index (χ4n) is 0.629. The summed E-state index contributed by atoms with van der Waals surface area (Å²) in [5, 5.41) is 2.08. The summed E-state index contributed by atoms with van der Waals surface area (Å²) >= 11 is 0. The third kappa shape index (κ3) is 1.51. The van der Waals surface area contributed by atoms with Crippen LogP contribution in [0.5, 0.6) is 0 Å². The van der Waals surface area contributed by atoms with Crippen molar-refractivity contribution in [1.29, 1.82) is 0 Å². The molecule has 1 aromatic heterocycles. The van der Waals surface area contributed by atoms with Crippen LogP contribution in [0.15, 0.2) is 12.4 Å². The first-order valence-electron chi connectivity index (χ1n) is 2.76. The molecule has 1 rings (SSSR count). The van der Waals surface area contributed by atoms with Crippen LogP contribution in [0.1, 0.15) is 10.4 Å². The lowest BCUT2D eigenvalue weighted by Gasteiger charge is -1.94. The van der Waals surface area contributed by atoms with Gasteiger partial charge in [0.1, 0.15) is 0 Å². The topological polar surface area (TPSA) is 38.1 Å². The maximum atomic E-state index is 11.6. The molecule has 0 fully saturated rings. The van der Waals surface area contributed by atoms with Crippen LogP contribution in [0, 0.1) is 0 Å². The number of rotatable bonds is 1. The number of carbonyl (C=O) groups is 1. The van der Waals surface area contributed by atoms with Crippen LogP contribution >= 0.6 is 0 Å². The van der Waals surface area contributed by atoms with Crippen LogP contribution < -0.4 is 0 Å². The van der Waals surface area contributed by atoms with E-state index in [9.17, 15) is 13.8 Å². The number of aryl methyl sites for hydroxylation is 1. The van der Waals surface area contributed by atoms with E-state index >= 15 is 0 Å². The molecule has 60 valence electrons. The maximum absolute atomic E-state index is 11.6. The predicted molar refractivity (Wildman–Crippen MR) is 31.6 cm³/mol. The molecular weight excluding hydrogens is 156 g/mol. The summed E-state index contributed by atoms with van der Waals surface area (Å²) in [5.41, 5.74) is -0.127. The first-order chi connectivity index (χ1) is 5.11. The van der Waals surface area contributed by atoms with Crippen molar-refractivity contribution < 1.29 is 13.8 Å². The predicted octanol–water partition coefficient (Wildman–Crippen LogP) is 0.631. The van der Waals surface area contributed by atoms with Gasteiger partial charge in [0, 0.05) is 18.6 Å². The Morgan fingerprint density at radius 3 is 2.73 bits per heavy atom. The van der Waals surface area contributed by atoms with E-state index in [0.29, 0.717) is 0 Å². The highest BCUT2D eigenvalue weighted by Crippen LogP contribution is 2.03. The zero-order valence-corrected chi connectivity index (χ0v) is 5.66. The second kappa shape index (κ2) is 2.65. The molecule has 0 aliphatic rings. The first kappa shape index (κ1) is 7.64. The molecule has 0 aliphatic heterocycles. The number of nitrogens with zero attached hydrogens (tertiary/aromatic N) is 3. The maximum Gasteiger partial charge on any atom is 0.317 e. The number of amides is 1. The highest BCUT2D eigenvalue weighted by Gasteiger charge is 2.15. The standard InChI is InChI=1S/C5H5F2N3O/c1-9-3-4(2-8-9)5(11)10(6)7/h2-3H,1H3. The lowest BCUT2D eigenvalue weighted by molar-refractivity contribution is -0.108. The Balaban J connectivity index is 2.85. The normalized spacial score (nSPS) is 9.73. The van der Waals surface area contributed by atoms with Gasteiger partial charge in [0.15, 0.2) is 0 Å². The summed E-state index contributed by atoms with van der Waals surface area (Å²) in [6.45, 7) is 0. The third-order valence-corrected chi connectivity index (χ3v) is 1.11. The van der Waals surface area contributed by atoms with Gasteiger partial charge >= 0.3 is 5.91 Å². The van der Waals surface area contributed by atoms with Crippen LogP contribution in [-0.2, 0) is 7.05 Å². The molecule has 1 aromatic rings. The summed E-state index contributed by atoms with van der Waals surface area (Å²) in [6.07, 6.45) is 2.29. The van der Waals surface area contributed by atoms with Gasteiger partial charge in [-0.25, -0.2) is 0 Å². The Labute approximate surface area is 60.9 Å². The van der Waals surface area contributed by atoms with Crippen molar-refractivity contribution in [2.24, 2.45) is 7.05 Å². The molecule has 0 N–H and O–H groups in total. The van der Waals surface area contributed by atoms with E-state index in [-0.39, 0.29) is 5.56 Å². The number of halogens is 2. The van der Waals surface area contributed by atoms with E-state index in [2.05, 4.69) is 5.10 Å². The summed E-state index contributed by atoms with van der Waals surface area (Å²) in [7, 11) is 1.54. The van der Waals surface area contributed by atoms with E-state index in [1.54, 1.807) is 0 Å². The smallest absolute Gasteiger partial charge is 0.275 e. The van der Waals surface area contributed by atoms with Crippen LogP contribution in [0.25, 0.3) is 0 Å². The summed E-state index contributed by atoms with van der Waals surface area (Å²) in [6, 6.07) is 0. The molecule has 0 aliphatic carbocycles.